The van der Waals surface area contributed by atoms with Crippen LogP contribution in [0.2, 0.25) is 0 Å². The van der Waals surface area contributed by atoms with Crippen LogP contribution in [0.5, 0.6) is 23.0 Å². The van der Waals surface area contributed by atoms with Crippen LogP contribution in [0.15, 0.2) is 83.3 Å². The minimum atomic E-state index is 0.280. The van der Waals surface area contributed by atoms with Crippen molar-refractivity contribution in [1.82, 2.24) is 5.06 Å². The van der Waals surface area contributed by atoms with E-state index in [9.17, 15) is 10.5 Å². The Morgan fingerprint density at radius 3 is 2.38 bits per heavy atom. The molecule has 0 aromatic heterocycles. The lowest BCUT2D eigenvalue weighted by Crippen LogP contribution is -2.18. The molecule has 0 radical (unpaired) electrons. The van der Waals surface area contributed by atoms with Crippen molar-refractivity contribution < 1.29 is 24.2 Å². The molecule has 4 aromatic rings. The van der Waals surface area contributed by atoms with Gasteiger partial charge in [0.15, 0.2) is 11.5 Å². The van der Waals surface area contributed by atoms with Crippen molar-refractivity contribution in [2.45, 2.75) is 26.7 Å². The summed E-state index contributed by atoms with van der Waals surface area (Å²) in [5.74, 6) is 2.56. The second-order valence-electron chi connectivity index (χ2n) is 8.99. The Balaban J connectivity index is 1.54. The maximum atomic E-state index is 10.1. The van der Waals surface area contributed by atoms with Crippen LogP contribution in [0.4, 0.5) is 0 Å². The number of methoxy groups -OCH3 is 2. The topological polar surface area (TPSA) is 84.2 Å². The molecule has 0 bridgehead atoms. The number of hydrogen-bond donors (Lipinski definition) is 1. The monoisotopic (exact) mass is 602 g/mol. The van der Waals surface area contributed by atoms with E-state index in [0.29, 0.717) is 48.3 Å². The summed E-state index contributed by atoms with van der Waals surface area (Å²) >= 11 is 3.76. The van der Waals surface area contributed by atoms with E-state index in [-0.39, 0.29) is 6.61 Å². The van der Waals surface area contributed by atoms with Crippen LogP contribution in [0, 0.1) is 11.3 Å². The van der Waals surface area contributed by atoms with Crippen LogP contribution in [0.25, 0.3) is 11.1 Å². The molecule has 0 aliphatic carbocycles. The second kappa shape index (κ2) is 13.9. The minimum Gasteiger partial charge on any atom is -0.493 e. The largest absolute Gasteiger partial charge is 0.493 e. The van der Waals surface area contributed by atoms with E-state index >= 15 is 0 Å². The molecular weight excluding hydrogens is 572 g/mol. The smallest absolute Gasteiger partial charge is 0.161 e. The highest BCUT2D eigenvalue weighted by atomic mass is 79.9. The molecular formula is C32H31BrN2O5. The standard InChI is InChI=1S/C32H31BrN2O5/c1-4-35(36)19-25-11-13-27(17-30(25)40-20-23-8-5-7-22(15-23)18-34)39-21-26-9-6-10-28(32(26)33)24-12-14-29(37-2)31(16-24)38-3/h5-17,36H,4,19-21H2,1-3H3. The Morgan fingerprint density at radius 1 is 0.825 bits per heavy atom. The molecule has 0 atom stereocenters. The fourth-order valence-corrected chi connectivity index (χ4v) is 4.78. The Hall–Kier alpha value is -4.03. The summed E-state index contributed by atoms with van der Waals surface area (Å²) in [7, 11) is 3.23. The number of ether oxygens (including phenoxy) is 4. The number of hydrogen-bond acceptors (Lipinski definition) is 7. The van der Waals surface area contributed by atoms with Crippen molar-refractivity contribution in [3.8, 4) is 40.2 Å². The van der Waals surface area contributed by atoms with E-state index in [1.165, 1.54) is 5.06 Å². The van der Waals surface area contributed by atoms with Crippen molar-refractivity contribution in [3.05, 3.63) is 106 Å². The van der Waals surface area contributed by atoms with Crippen LogP contribution < -0.4 is 18.9 Å². The molecule has 40 heavy (non-hydrogen) atoms. The number of benzene rings is 4. The fraction of sp³-hybridized carbons (Fsp3) is 0.219. The molecule has 0 spiro atoms. The summed E-state index contributed by atoms with van der Waals surface area (Å²) in [6.45, 7) is 3.27. The van der Waals surface area contributed by atoms with Crippen molar-refractivity contribution in [2.24, 2.45) is 0 Å². The van der Waals surface area contributed by atoms with E-state index in [1.54, 1.807) is 26.4 Å². The van der Waals surface area contributed by atoms with Crippen LogP contribution >= 0.6 is 15.9 Å². The lowest BCUT2D eigenvalue weighted by atomic mass is 10.0. The summed E-state index contributed by atoms with van der Waals surface area (Å²) in [4.78, 5) is 0. The number of hydroxylamine groups is 2. The average molecular weight is 604 g/mol. The van der Waals surface area contributed by atoms with Gasteiger partial charge in [-0.25, -0.2) is 0 Å². The average Bonchev–Trinajstić information content (AvgIpc) is 3.00. The summed E-state index contributed by atoms with van der Waals surface area (Å²) in [6, 6.07) is 26.9. The van der Waals surface area contributed by atoms with Gasteiger partial charge in [0.05, 0.1) is 32.4 Å². The van der Waals surface area contributed by atoms with E-state index in [4.69, 9.17) is 18.9 Å². The third kappa shape index (κ3) is 7.13. The first-order valence-electron chi connectivity index (χ1n) is 12.8. The quantitative estimate of drug-likeness (QED) is 0.169. The van der Waals surface area contributed by atoms with Crippen LogP contribution in [-0.2, 0) is 19.8 Å². The lowest BCUT2D eigenvalue weighted by molar-refractivity contribution is -0.0950. The second-order valence-corrected chi connectivity index (χ2v) is 9.78. The number of nitrogens with zero attached hydrogens (tertiary/aromatic N) is 2. The van der Waals surface area contributed by atoms with Gasteiger partial charge in [-0.15, -0.1) is 0 Å². The van der Waals surface area contributed by atoms with Gasteiger partial charge in [0.2, 0.25) is 0 Å². The maximum Gasteiger partial charge on any atom is 0.161 e. The molecule has 0 aliphatic rings. The van der Waals surface area contributed by atoms with Gasteiger partial charge in [-0.05, 0) is 63.0 Å². The van der Waals surface area contributed by atoms with Gasteiger partial charge in [0, 0.05) is 28.2 Å². The molecule has 0 heterocycles. The molecule has 0 saturated heterocycles. The molecule has 0 amide bonds. The molecule has 8 heteroatoms. The van der Waals surface area contributed by atoms with Gasteiger partial charge in [0.1, 0.15) is 24.7 Å². The normalized spacial score (nSPS) is 10.7. The number of halogens is 1. The SMILES string of the molecule is CCN(O)Cc1ccc(OCc2cccc(-c3ccc(OC)c(OC)c3)c2Br)cc1OCc1cccc(C#N)c1. The number of rotatable bonds is 12. The molecule has 0 aliphatic heterocycles. The lowest BCUT2D eigenvalue weighted by Gasteiger charge is -2.18. The number of nitriles is 1. The van der Waals surface area contributed by atoms with Crippen LogP contribution in [0.1, 0.15) is 29.2 Å². The van der Waals surface area contributed by atoms with Crippen molar-refractivity contribution >= 4 is 15.9 Å². The summed E-state index contributed by atoms with van der Waals surface area (Å²) < 4.78 is 24.1. The van der Waals surface area contributed by atoms with Gasteiger partial charge in [0.25, 0.3) is 0 Å². The summed E-state index contributed by atoms with van der Waals surface area (Å²) in [5, 5.41) is 20.5. The zero-order chi connectivity index (χ0) is 28.5. The molecule has 1 N–H and O–H groups in total. The Bertz CT molecular complexity index is 1500. The molecule has 4 rings (SSSR count). The molecule has 7 nitrogen and oxygen atoms in total. The van der Waals surface area contributed by atoms with E-state index in [1.807, 2.05) is 73.7 Å². The zero-order valence-electron chi connectivity index (χ0n) is 22.7. The first-order valence-corrected chi connectivity index (χ1v) is 13.6. The van der Waals surface area contributed by atoms with Crippen molar-refractivity contribution in [3.63, 3.8) is 0 Å². The van der Waals surface area contributed by atoms with Gasteiger partial charge in [-0.3, -0.25) is 0 Å². The molecule has 206 valence electrons. The predicted octanol–water partition coefficient (Wildman–Crippen LogP) is 7.37. The van der Waals surface area contributed by atoms with Gasteiger partial charge < -0.3 is 24.2 Å². The van der Waals surface area contributed by atoms with E-state index in [2.05, 4.69) is 22.0 Å². The highest BCUT2D eigenvalue weighted by Crippen LogP contribution is 2.37. The fourth-order valence-electron chi connectivity index (χ4n) is 4.17. The molecule has 0 fully saturated rings. The molecule has 0 saturated carbocycles. The molecule has 4 aromatic carbocycles. The zero-order valence-corrected chi connectivity index (χ0v) is 24.3. The first-order chi connectivity index (χ1) is 19.4. The van der Waals surface area contributed by atoms with E-state index < -0.39 is 0 Å². The minimum absolute atomic E-state index is 0.280. The third-order valence-electron chi connectivity index (χ3n) is 6.37. The Morgan fingerprint density at radius 2 is 1.62 bits per heavy atom. The van der Waals surface area contributed by atoms with Crippen LogP contribution in [0.3, 0.4) is 0 Å². The van der Waals surface area contributed by atoms with Crippen LogP contribution in [-0.4, -0.2) is 31.0 Å². The van der Waals surface area contributed by atoms with Gasteiger partial charge in [-0.2, -0.15) is 10.3 Å². The summed E-state index contributed by atoms with van der Waals surface area (Å²) in [5.41, 5.74) is 5.24. The van der Waals surface area contributed by atoms with Gasteiger partial charge >= 0.3 is 0 Å². The van der Waals surface area contributed by atoms with Crippen molar-refractivity contribution in [2.75, 3.05) is 20.8 Å². The highest BCUT2D eigenvalue weighted by Gasteiger charge is 2.14. The predicted molar refractivity (Wildman–Crippen MR) is 157 cm³/mol. The maximum absolute atomic E-state index is 10.1. The van der Waals surface area contributed by atoms with Gasteiger partial charge in [-0.1, -0.05) is 49.4 Å². The van der Waals surface area contributed by atoms with Crippen molar-refractivity contribution in [1.29, 1.82) is 5.26 Å². The Labute approximate surface area is 243 Å². The summed E-state index contributed by atoms with van der Waals surface area (Å²) in [6.07, 6.45) is 0. The third-order valence-corrected chi connectivity index (χ3v) is 7.31. The first kappa shape index (κ1) is 29.0. The molecule has 0 unspecified atom stereocenters. The van der Waals surface area contributed by atoms with E-state index in [0.717, 1.165) is 32.3 Å². The Kier molecular flexibility index (Phi) is 10.0. The highest BCUT2D eigenvalue weighted by molar-refractivity contribution is 9.10.